The molecule has 3 N–H and O–H groups in total. The Morgan fingerprint density at radius 1 is 1.04 bits per heavy atom. The molecule has 0 aromatic carbocycles. The molecule has 0 aromatic rings. The van der Waals surface area contributed by atoms with Crippen LogP contribution in [0.2, 0.25) is 0 Å². The standard InChI is InChI=1S/C17H37N3O2.HI/c1-4-7-13-22-14-8-11-19-17(18-6-3)20-15-16(9-5-2)10-12-21;/h16,21H,4-15H2,1-3H3,(H2,18,19,20);1H. The van der Waals surface area contributed by atoms with Crippen molar-refractivity contribution in [2.45, 2.75) is 59.3 Å². The Bertz CT molecular complexity index is 260. The summed E-state index contributed by atoms with van der Waals surface area (Å²) in [5, 5.41) is 15.7. The van der Waals surface area contributed by atoms with Gasteiger partial charge in [0.05, 0.1) is 0 Å². The van der Waals surface area contributed by atoms with Gasteiger partial charge in [0.25, 0.3) is 0 Å². The van der Waals surface area contributed by atoms with Gasteiger partial charge in [-0.05, 0) is 38.5 Å². The number of nitrogens with zero attached hydrogens (tertiary/aromatic N) is 1. The normalized spacial score (nSPS) is 12.6. The number of halogens is 1. The second kappa shape index (κ2) is 20.0. The van der Waals surface area contributed by atoms with Crippen LogP contribution in [0.25, 0.3) is 0 Å². The number of hydrogen-bond donors (Lipinski definition) is 3. The van der Waals surface area contributed by atoms with Crippen LogP contribution in [0.3, 0.4) is 0 Å². The maximum Gasteiger partial charge on any atom is 0.191 e. The van der Waals surface area contributed by atoms with Gasteiger partial charge in [-0.15, -0.1) is 24.0 Å². The molecule has 0 heterocycles. The molecule has 140 valence electrons. The molecule has 1 atom stereocenters. The van der Waals surface area contributed by atoms with Gasteiger partial charge in [0.2, 0.25) is 0 Å². The second-order valence-electron chi connectivity index (χ2n) is 5.63. The maximum atomic E-state index is 9.10. The van der Waals surface area contributed by atoms with Gasteiger partial charge in [0.1, 0.15) is 0 Å². The fraction of sp³-hybridized carbons (Fsp3) is 0.941. The lowest BCUT2D eigenvalue weighted by Gasteiger charge is -2.15. The van der Waals surface area contributed by atoms with Gasteiger partial charge < -0.3 is 20.5 Å². The Morgan fingerprint density at radius 3 is 2.39 bits per heavy atom. The molecule has 0 spiro atoms. The molecular formula is C17H38IN3O2. The molecule has 0 rings (SSSR count). The van der Waals surface area contributed by atoms with Gasteiger partial charge in [-0.3, -0.25) is 4.99 Å². The van der Waals surface area contributed by atoms with Crippen molar-refractivity contribution in [3.05, 3.63) is 0 Å². The fourth-order valence-electron chi connectivity index (χ4n) is 2.21. The molecule has 6 heteroatoms. The summed E-state index contributed by atoms with van der Waals surface area (Å²) < 4.78 is 5.55. The van der Waals surface area contributed by atoms with Crippen molar-refractivity contribution in [1.29, 1.82) is 0 Å². The lowest BCUT2D eigenvalue weighted by atomic mass is 10.0. The number of guanidine groups is 1. The van der Waals surface area contributed by atoms with E-state index in [2.05, 4.69) is 36.4 Å². The predicted molar refractivity (Wildman–Crippen MR) is 110 cm³/mol. The minimum absolute atomic E-state index is 0. The minimum atomic E-state index is 0. The van der Waals surface area contributed by atoms with Gasteiger partial charge in [-0.2, -0.15) is 0 Å². The smallest absolute Gasteiger partial charge is 0.191 e. The van der Waals surface area contributed by atoms with E-state index in [1.54, 1.807) is 0 Å². The summed E-state index contributed by atoms with van der Waals surface area (Å²) in [6, 6.07) is 0. The lowest BCUT2D eigenvalue weighted by Crippen LogP contribution is -2.38. The number of hydrogen-bond acceptors (Lipinski definition) is 3. The summed E-state index contributed by atoms with van der Waals surface area (Å²) in [7, 11) is 0. The Morgan fingerprint density at radius 2 is 1.78 bits per heavy atom. The van der Waals surface area contributed by atoms with Crippen LogP contribution in [0.1, 0.15) is 59.3 Å². The van der Waals surface area contributed by atoms with Crippen LogP contribution < -0.4 is 10.6 Å². The number of rotatable bonds is 14. The summed E-state index contributed by atoms with van der Waals surface area (Å²) >= 11 is 0. The molecule has 23 heavy (non-hydrogen) atoms. The monoisotopic (exact) mass is 443 g/mol. The van der Waals surface area contributed by atoms with Crippen LogP contribution in [-0.2, 0) is 4.74 Å². The van der Waals surface area contributed by atoms with Crippen LogP contribution in [0.5, 0.6) is 0 Å². The molecule has 0 aliphatic carbocycles. The lowest BCUT2D eigenvalue weighted by molar-refractivity contribution is 0.129. The van der Waals surface area contributed by atoms with Crippen LogP contribution >= 0.6 is 24.0 Å². The van der Waals surface area contributed by atoms with Crippen LogP contribution in [0.15, 0.2) is 4.99 Å². The summed E-state index contributed by atoms with van der Waals surface area (Å²) in [4.78, 5) is 4.64. The first-order valence-electron chi connectivity index (χ1n) is 8.99. The first-order valence-corrected chi connectivity index (χ1v) is 8.99. The zero-order valence-corrected chi connectivity index (χ0v) is 17.6. The number of unbranched alkanes of at least 4 members (excludes halogenated alkanes) is 1. The van der Waals surface area contributed by atoms with Crippen LogP contribution in [0, 0.1) is 5.92 Å². The van der Waals surface area contributed by atoms with Crippen molar-refractivity contribution in [3.63, 3.8) is 0 Å². The molecule has 0 amide bonds. The number of nitrogens with one attached hydrogen (secondary N) is 2. The number of aliphatic hydroxyl groups excluding tert-OH is 1. The largest absolute Gasteiger partial charge is 0.396 e. The first-order chi connectivity index (χ1) is 10.8. The van der Waals surface area contributed by atoms with Crippen molar-refractivity contribution >= 4 is 29.9 Å². The molecule has 0 aliphatic heterocycles. The molecule has 1 unspecified atom stereocenters. The number of aliphatic hydroxyl groups is 1. The highest BCUT2D eigenvalue weighted by Crippen LogP contribution is 2.10. The summed E-state index contributed by atoms with van der Waals surface area (Å²) in [5.41, 5.74) is 0. The molecule has 0 aromatic heterocycles. The highest BCUT2D eigenvalue weighted by molar-refractivity contribution is 14.0. The maximum absolute atomic E-state index is 9.10. The Hall–Kier alpha value is -0.0800. The van der Waals surface area contributed by atoms with E-state index in [1.165, 1.54) is 6.42 Å². The minimum Gasteiger partial charge on any atom is -0.396 e. The fourth-order valence-corrected chi connectivity index (χ4v) is 2.21. The second-order valence-corrected chi connectivity index (χ2v) is 5.63. The van der Waals surface area contributed by atoms with E-state index in [1.807, 2.05) is 0 Å². The van der Waals surface area contributed by atoms with E-state index in [4.69, 9.17) is 9.84 Å². The molecule has 0 aliphatic rings. The summed E-state index contributed by atoms with van der Waals surface area (Å²) in [6.07, 6.45) is 6.41. The molecule has 0 radical (unpaired) electrons. The third-order valence-electron chi connectivity index (χ3n) is 3.49. The third kappa shape index (κ3) is 16.6. The molecular weight excluding hydrogens is 405 g/mol. The Labute approximate surface area is 160 Å². The van der Waals surface area contributed by atoms with Crippen molar-refractivity contribution in [2.75, 3.05) is 39.5 Å². The van der Waals surface area contributed by atoms with E-state index in [0.29, 0.717) is 5.92 Å². The highest BCUT2D eigenvalue weighted by Gasteiger charge is 2.07. The molecule has 0 bridgehead atoms. The van der Waals surface area contributed by atoms with Gasteiger partial charge in [0, 0.05) is 39.5 Å². The van der Waals surface area contributed by atoms with E-state index in [9.17, 15) is 0 Å². The quantitative estimate of drug-likeness (QED) is 0.167. The van der Waals surface area contributed by atoms with Crippen molar-refractivity contribution in [3.8, 4) is 0 Å². The average Bonchev–Trinajstić information content (AvgIpc) is 2.51. The summed E-state index contributed by atoms with van der Waals surface area (Å²) in [6.45, 7) is 10.8. The van der Waals surface area contributed by atoms with Gasteiger partial charge in [0.15, 0.2) is 5.96 Å². The Kier molecular flexibility index (Phi) is 21.8. The third-order valence-corrected chi connectivity index (χ3v) is 3.49. The first kappa shape index (κ1) is 25.2. The zero-order chi connectivity index (χ0) is 16.5. The molecule has 5 nitrogen and oxygen atoms in total. The molecule has 0 saturated carbocycles. The highest BCUT2D eigenvalue weighted by atomic mass is 127. The Balaban J connectivity index is 0. The number of aliphatic imine (C=N–C) groups is 1. The van der Waals surface area contributed by atoms with E-state index in [0.717, 1.165) is 70.9 Å². The van der Waals surface area contributed by atoms with E-state index < -0.39 is 0 Å². The van der Waals surface area contributed by atoms with Gasteiger partial charge >= 0.3 is 0 Å². The molecule has 0 fully saturated rings. The van der Waals surface area contributed by atoms with E-state index in [-0.39, 0.29) is 30.6 Å². The van der Waals surface area contributed by atoms with Crippen molar-refractivity contribution < 1.29 is 9.84 Å². The van der Waals surface area contributed by atoms with Crippen LogP contribution in [0.4, 0.5) is 0 Å². The van der Waals surface area contributed by atoms with Crippen molar-refractivity contribution in [2.24, 2.45) is 10.9 Å². The SMILES string of the molecule is CCCCOCCCNC(=NCC(CCC)CCO)NCC.I. The topological polar surface area (TPSA) is 65.9 Å². The summed E-state index contributed by atoms with van der Waals surface area (Å²) in [5.74, 6) is 1.35. The predicted octanol–water partition coefficient (Wildman–Crippen LogP) is 3.17. The van der Waals surface area contributed by atoms with Crippen LogP contribution in [-0.4, -0.2) is 50.5 Å². The van der Waals surface area contributed by atoms with E-state index >= 15 is 0 Å². The molecule has 0 saturated heterocycles. The zero-order valence-electron chi connectivity index (χ0n) is 15.3. The van der Waals surface area contributed by atoms with Gasteiger partial charge in [-0.1, -0.05) is 26.7 Å². The van der Waals surface area contributed by atoms with Crippen molar-refractivity contribution in [1.82, 2.24) is 10.6 Å². The average molecular weight is 443 g/mol. The van der Waals surface area contributed by atoms with Gasteiger partial charge in [-0.25, -0.2) is 0 Å². The number of ether oxygens (including phenoxy) is 1.